The van der Waals surface area contributed by atoms with E-state index in [0.717, 1.165) is 24.6 Å². The molecule has 1 aromatic rings. The van der Waals surface area contributed by atoms with Crippen molar-refractivity contribution in [2.45, 2.75) is 19.3 Å². The third-order valence-corrected chi connectivity index (χ3v) is 3.51. The van der Waals surface area contributed by atoms with Crippen molar-refractivity contribution >= 4 is 33.4 Å². The lowest BCUT2D eigenvalue weighted by molar-refractivity contribution is 0.0788. The second kappa shape index (κ2) is 7.74. The van der Waals surface area contributed by atoms with Gasteiger partial charge in [0, 0.05) is 18.9 Å². The van der Waals surface area contributed by atoms with E-state index < -0.39 is 5.82 Å². The molecule has 0 N–H and O–H groups in total. The lowest BCUT2D eigenvalue weighted by Gasteiger charge is -2.17. The number of carbonyl (C=O) groups excluding carboxylic acids is 1. The Bertz CT molecular complexity index is 414. The molecule has 5 heteroatoms. The van der Waals surface area contributed by atoms with Crippen LogP contribution in [0.25, 0.3) is 0 Å². The number of carbonyl (C=O) groups is 1. The Balaban J connectivity index is 2.60. The molecule has 0 radical (unpaired) electrons. The van der Waals surface area contributed by atoms with E-state index >= 15 is 0 Å². The summed E-state index contributed by atoms with van der Waals surface area (Å²) in [6, 6.07) is 4.47. The van der Waals surface area contributed by atoms with Crippen LogP contribution in [-0.2, 0) is 0 Å². The van der Waals surface area contributed by atoms with Crippen molar-refractivity contribution in [2.75, 3.05) is 18.9 Å². The number of hydrogen-bond donors (Lipinski definition) is 0. The zero-order valence-electron chi connectivity index (χ0n) is 10.3. The van der Waals surface area contributed by atoms with Crippen LogP contribution in [0.1, 0.15) is 29.6 Å². The number of rotatable bonds is 6. The molecule has 1 amide bonds. The van der Waals surface area contributed by atoms with Gasteiger partial charge >= 0.3 is 0 Å². The lowest BCUT2D eigenvalue weighted by atomic mass is 10.1. The van der Waals surface area contributed by atoms with Crippen LogP contribution >= 0.6 is 27.5 Å². The SMILES string of the molecule is CN(CCCCCBr)C(=O)c1cccc(Cl)c1F. The summed E-state index contributed by atoms with van der Waals surface area (Å²) in [6.45, 7) is 0.623. The molecule has 0 unspecified atom stereocenters. The molecule has 0 aliphatic heterocycles. The first kappa shape index (κ1) is 15.4. The largest absolute Gasteiger partial charge is 0.342 e. The summed E-state index contributed by atoms with van der Waals surface area (Å²) >= 11 is 9.01. The Hall–Kier alpha value is -0.610. The summed E-state index contributed by atoms with van der Waals surface area (Å²) in [5.41, 5.74) is 0.0329. The van der Waals surface area contributed by atoms with Gasteiger partial charge in [-0.05, 0) is 25.0 Å². The molecule has 18 heavy (non-hydrogen) atoms. The zero-order chi connectivity index (χ0) is 13.5. The van der Waals surface area contributed by atoms with E-state index in [2.05, 4.69) is 15.9 Å². The summed E-state index contributed by atoms with van der Waals surface area (Å²) in [4.78, 5) is 13.5. The highest BCUT2D eigenvalue weighted by Crippen LogP contribution is 2.19. The normalized spacial score (nSPS) is 10.4. The van der Waals surface area contributed by atoms with Gasteiger partial charge in [-0.1, -0.05) is 40.0 Å². The highest BCUT2D eigenvalue weighted by molar-refractivity contribution is 9.09. The monoisotopic (exact) mass is 335 g/mol. The van der Waals surface area contributed by atoms with Gasteiger partial charge in [0.05, 0.1) is 10.6 Å². The number of amides is 1. The van der Waals surface area contributed by atoms with Gasteiger partial charge in [0.25, 0.3) is 5.91 Å². The van der Waals surface area contributed by atoms with E-state index in [9.17, 15) is 9.18 Å². The van der Waals surface area contributed by atoms with Gasteiger partial charge in [-0.15, -0.1) is 0 Å². The fourth-order valence-electron chi connectivity index (χ4n) is 1.60. The molecule has 0 fully saturated rings. The summed E-state index contributed by atoms with van der Waals surface area (Å²) in [6.07, 6.45) is 3.03. The molecule has 100 valence electrons. The Morgan fingerprint density at radius 1 is 1.39 bits per heavy atom. The van der Waals surface area contributed by atoms with Crippen molar-refractivity contribution in [1.29, 1.82) is 0 Å². The molecule has 0 atom stereocenters. The summed E-state index contributed by atoms with van der Waals surface area (Å²) in [7, 11) is 1.68. The number of unbranched alkanes of at least 4 members (excludes halogenated alkanes) is 2. The van der Waals surface area contributed by atoms with Crippen LogP contribution in [0, 0.1) is 5.82 Å². The molecule has 1 aromatic carbocycles. The third kappa shape index (κ3) is 4.25. The van der Waals surface area contributed by atoms with E-state index in [-0.39, 0.29) is 16.5 Å². The molecule has 1 rings (SSSR count). The maximum Gasteiger partial charge on any atom is 0.256 e. The van der Waals surface area contributed by atoms with Gasteiger partial charge in [-0.25, -0.2) is 4.39 Å². The molecule has 0 bridgehead atoms. The Labute approximate surface area is 120 Å². The van der Waals surface area contributed by atoms with Crippen LogP contribution in [0.15, 0.2) is 18.2 Å². The molecule has 0 heterocycles. The molecule has 0 aliphatic rings. The first-order valence-corrected chi connectivity index (χ1v) is 7.33. The second-order valence-corrected chi connectivity index (χ2v) is 5.28. The average Bonchev–Trinajstić information content (AvgIpc) is 2.37. The van der Waals surface area contributed by atoms with Gasteiger partial charge in [0.1, 0.15) is 0 Å². The van der Waals surface area contributed by atoms with Crippen LogP contribution in [0.5, 0.6) is 0 Å². The number of benzene rings is 1. The van der Waals surface area contributed by atoms with Crippen molar-refractivity contribution in [2.24, 2.45) is 0 Å². The maximum atomic E-state index is 13.7. The Morgan fingerprint density at radius 2 is 2.11 bits per heavy atom. The van der Waals surface area contributed by atoms with Crippen molar-refractivity contribution in [3.63, 3.8) is 0 Å². The van der Waals surface area contributed by atoms with Gasteiger partial charge in [0.15, 0.2) is 5.82 Å². The molecular weight excluding hydrogens is 321 g/mol. The number of alkyl halides is 1. The minimum absolute atomic E-state index is 0.0199. The Kier molecular flexibility index (Phi) is 6.65. The van der Waals surface area contributed by atoms with Crippen LogP contribution < -0.4 is 0 Å². The molecular formula is C13H16BrClFNO. The maximum absolute atomic E-state index is 13.7. The quantitative estimate of drug-likeness (QED) is 0.565. The predicted molar refractivity (Wildman–Crippen MR) is 76.0 cm³/mol. The van der Waals surface area contributed by atoms with Crippen LogP contribution in [0.4, 0.5) is 4.39 Å². The van der Waals surface area contributed by atoms with Crippen molar-refractivity contribution < 1.29 is 9.18 Å². The molecule has 2 nitrogen and oxygen atoms in total. The third-order valence-electron chi connectivity index (χ3n) is 2.66. The van der Waals surface area contributed by atoms with Crippen LogP contribution in [0.3, 0.4) is 0 Å². The van der Waals surface area contributed by atoms with E-state index in [1.54, 1.807) is 13.1 Å². The topological polar surface area (TPSA) is 20.3 Å². The highest BCUT2D eigenvalue weighted by Gasteiger charge is 2.17. The van der Waals surface area contributed by atoms with Crippen LogP contribution in [-0.4, -0.2) is 29.7 Å². The van der Waals surface area contributed by atoms with E-state index in [1.165, 1.54) is 17.0 Å². The smallest absolute Gasteiger partial charge is 0.256 e. The van der Waals surface area contributed by atoms with Gasteiger partial charge in [0.2, 0.25) is 0 Å². The molecule has 0 aromatic heterocycles. The van der Waals surface area contributed by atoms with Gasteiger partial charge < -0.3 is 4.90 Å². The molecule has 0 saturated carbocycles. The minimum atomic E-state index is -0.642. The van der Waals surface area contributed by atoms with Crippen molar-refractivity contribution in [3.05, 3.63) is 34.6 Å². The fourth-order valence-corrected chi connectivity index (χ4v) is 2.17. The minimum Gasteiger partial charge on any atom is -0.342 e. The van der Waals surface area contributed by atoms with Gasteiger partial charge in [-0.3, -0.25) is 4.79 Å². The van der Waals surface area contributed by atoms with Crippen molar-refractivity contribution in [3.8, 4) is 0 Å². The number of nitrogens with zero attached hydrogens (tertiary/aromatic N) is 1. The number of halogens is 3. The van der Waals surface area contributed by atoms with Crippen molar-refractivity contribution in [1.82, 2.24) is 4.90 Å². The highest BCUT2D eigenvalue weighted by atomic mass is 79.9. The molecule has 0 spiro atoms. The average molecular weight is 337 g/mol. The standard InChI is InChI=1S/C13H16BrClFNO/c1-17(9-4-2-3-8-14)13(18)10-6-5-7-11(15)12(10)16/h5-7H,2-4,8-9H2,1H3. The van der Waals surface area contributed by atoms with E-state index in [0.29, 0.717) is 6.54 Å². The van der Waals surface area contributed by atoms with E-state index in [1.807, 2.05) is 0 Å². The van der Waals surface area contributed by atoms with Crippen LogP contribution in [0.2, 0.25) is 5.02 Å². The molecule has 0 saturated heterocycles. The first-order chi connectivity index (χ1) is 8.57. The first-order valence-electron chi connectivity index (χ1n) is 5.83. The number of hydrogen-bond acceptors (Lipinski definition) is 1. The summed E-state index contributed by atoms with van der Waals surface area (Å²) in [5, 5.41) is 0.946. The lowest BCUT2D eigenvalue weighted by Crippen LogP contribution is -2.28. The van der Waals surface area contributed by atoms with Gasteiger partial charge in [-0.2, -0.15) is 0 Å². The van der Waals surface area contributed by atoms with E-state index in [4.69, 9.17) is 11.6 Å². The molecule has 0 aliphatic carbocycles. The summed E-state index contributed by atoms with van der Waals surface area (Å²) in [5.74, 6) is -0.967. The Morgan fingerprint density at radius 3 is 2.78 bits per heavy atom. The zero-order valence-corrected chi connectivity index (χ0v) is 12.6. The predicted octanol–water partition coefficient (Wildman–Crippen LogP) is 4.12. The fraction of sp³-hybridized carbons (Fsp3) is 0.462. The second-order valence-electron chi connectivity index (χ2n) is 4.08. The summed E-state index contributed by atoms with van der Waals surface area (Å²) < 4.78 is 13.7.